The first kappa shape index (κ1) is 24.7. The second-order valence-electron chi connectivity index (χ2n) is 9.19. The van der Waals surface area contributed by atoms with Gasteiger partial charge in [0.2, 0.25) is 5.91 Å². The molecular formula is C30H32N2O5. The van der Waals surface area contributed by atoms with Crippen molar-refractivity contribution < 1.29 is 23.8 Å². The lowest BCUT2D eigenvalue weighted by Crippen LogP contribution is -2.50. The van der Waals surface area contributed by atoms with E-state index in [1.165, 1.54) is 0 Å². The Morgan fingerprint density at radius 3 is 2.38 bits per heavy atom. The summed E-state index contributed by atoms with van der Waals surface area (Å²) in [6.45, 7) is 5.79. The monoisotopic (exact) mass is 500 g/mol. The number of nitrogens with one attached hydrogen (secondary N) is 1. The van der Waals surface area contributed by atoms with E-state index in [4.69, 9.17) is 14.2 Å². The van der Waals surface area contributed by atoms with Gasteiger partial charge in [-0.05, 0) is 72.9 Å². The fourth-order valence-electron chi connectivity index (χ4n) is 5.40. The number of hydrogen-bond donors (Lipinski definition) is 1. The Bertz CT molecular complexity index is 1300. The van der Waals surface area contributed by atoms with Crippen molar-refractivity contribution in [1.82, 2.24) is 10.2 Å². The van der Waals surface area contributed by atoms with E-state index in [2.05, 4.69) is 5.32 Å². The highest BCUT2D eigenvalue weighted by Gasteiger charge is 2.46. The van der Waals surface area contributed by atoms with E-state index in [0.29, 0.717) is 49.8 Å². The maximum Gasteiger partial charge on any atom is 0.254 e. The quantitative estimate of drug-likeness (QED) is 0.487. The van der Waals surface area contributed by atoms with E-state index < -0.39 is 12.0 Å². The molecule has 192 valence electrons. The minimum absolute atomic E-state index is 0.0442. The summed E-state index contributed by atoms with van der Waals surface area (Å²) in [5.74, 6) is 1.37. The zero-order valence-corrected chi connectivity index (χ0v) is 21.5. The Balaban J connectivity index is 1.54. The van der Waals surface area contributed by atoms with Gasteiger partial charge in [-0.25, -0.2) is 0 Å². The molecule has 37 heavy (non-hydrogen) atoms. The Morgan fingerprint density at radius 1 is 0.973 bits per heavy atom. The number of ether oxygens (including phenoxy) is 3. The molecule has 3 aromatic rings. The molecule has 2 unspecified atom stereocenters. The van der Waals surface area contributed by atoms with Crippen molar-refractivity contribution in [1.29, 1.82) is 0 Å². The molecule has 0 aliphatic carbocycles. The summed E-state index contributed by atoms with van der Waals surface area (Å²) in [6, 6.07) is 18.6. The van der Waals surface area contributed by atoms with Gasteiger partial charge in [-0.1, -0.05) is 30.3 Å². The van der Waals surface area contributed by atoms with Gasteiger partial charge in [-0.3, -0.25) is 9.59 Å². The number of methoxy groups -OCH3 is 1. The van der Waals surface area contributed by atoms with E-state index in [1.54, 1.807) is 7.11 Å². The van der Waals surface area contributed by atoms with E-state index in [0.717, 1.165) is 28.0 Å². The van der Waals surface area contributed by atoms with E-state index in [9.17, 15) is 9.59 Å². The lowest BCUT2D eigenvalue weighted by atomic mass is 9.75. The van der Waals surface area contributed by atoms with Crippen LogP contribution in [-0.4, -0.2) is 43.6 Å². The molecule has 2 atom stereocenters. The van der Waals surface area contributed by atoms with Gasteiger partial charge in [-0.15, -0.1) is 0 Å². The molecule has 1 N–H and O–H groups in total. The minimum atomic E-state index is -0.557. The van der Waals surface area contributed by atoms with Crippen LogP contribution >= 0.6 is 0 Å². The average Bonchev–Trinajstić information content (AvgIpc) is 2.93. The Hall–Kier alpha value is -4.00. The Labute approximate surface area is 217 Å². The van der Waals surface area contributed by atoms with Crippen molar-refractivity contribution in [3.05, 3.63) is 88.5 Å². The number of fused-ring (bicyclic) bond motifs is 4. The number of nitrogens with zero attached hydrogens (tertiary/aromatic N) is 1. The van der Waals surface area contributed by atoms with Gasteiger partial charge in [0, 0.05) is 18.7 Å². The van der Waals surface area contributed by atoms with Gasteiger partial charge in [0.25, 0.3) is 5.91 Å². The summed E-state index contributed by atoms with van der Waals surface area (Å²) in [5.41, 5.74) is 4.32. The molecule has 7 heteroatoms. The summed E-state index contributed by atoms with van der Waals surface area (Å²) in [7, 11) is 1.63. The van der Waals surface area contributed by atoms with Gasteiger partial charge in [0.05, 0.1) is 32.3 Å². The fourth-order valence-corrected chi connectivity index (χ4v) is 5.40. The van der Waals surface area contributed by atoms with E-state index in [-0.39, 0.29) is 11.8 Å². The molecule has 0 saturated heterocycles. The molecule has 0 spiro atoms. The summed E-state index contributed by atoms with van der Waals surface area (Å²) in [5, 5.41) is 3.12. The van der Waals surface area contributed by atoms with Gasteiger partial charge in [-0.2, -0.15) is 0 Å². The standard InChI is InChI=1S/C30H32N2O5/c1-4-36-25-16-20-14-15-32-28(24(20)17-26(25)37-5-2)27(22-8-6-7-9-23(22)30(32)34)29(33)31-18-19-10-12-21(35-3)13-11-19/h6-13,16-17,27-28H,4-5,14-15,18H2,1-3H3,(H,31,33). The number of rotatable bonds is 8. The third-order valence-corrected chi connectivity index (χ3v) is 7.09. The highest BCUT2D eigenvalue weighted by molar-refractivity contribution is 6.01. The summed E-state index contributed by atoms with van der Waals surface area (Å²) < 4.78 is 17.0. The number of amides is 2. The first-order valence-corrected chi connectivity index (χ1v) is 12.8. The van der Waals surface area contributed by atoms with Crippen molar-refractivity contribution in [2.75, 3.05) is 26.9 Å². The second-order valence-corrected chi connectivity index (χ2v) is 9.19. The lowest BCUT2D eigenvalue weighted by Gasteiger charge is -2.45. The molecular weight excluding hydrogens is 468 g/mol. The predicted octanol–water partition coefficient (Wildman–Crippen LogP) is 4.65. The maximum atomic E-state index is 13.9. The van der Waals surface area contributed by atoms with Gasteiger partial charge in [0.1, 0.15) is 5.75 Å². The summed E-state index contributed by atoms with van der Waals surface area (Å²) >= 11 is 0. The number of carbonyl (C=O) groups is 2. The van der Waals surface area contributed by atoms with Crippen LogP contribution in [0.2, 0.25) is 0 Å². The average molecular weight is 501 g/mol. The molecule has 5 rings (SSSR count). The van der Waals surface area contributed by atoms with Crippen LogP contribution in [-0.2, 0) is 17.8 Å². The summed E-state index contributed by atoms with van der Waals surface area (Å²) in [4.78, 5) is 29.3. The SMILES string of the molecule is CCOc1cc2c(cc1OCC)C1C(C(=O)NCc3ccc(OC)cc3)c3ccccc3C(=O)N1CC2. The van der Waals surface area contributed by atoms with Crippen LogP contribution < -0.4 is 19.5 Å². The molecule has 0 radical (unpaired) electrons. The molecule has 0 aromatic heterocycles. The summed E-state index contributed by atoms with van der Waals surface area (Å²) in [6.07, 6.45) is 0.687. The topological polar surface area (TPSA) is 77.1 Å². The number of benzene rings is 3. The van der Waals surface area contributed by atoms with E-state index in [1.807, 2.05) is 79.4 Å². The highest BCUT2D eigenvalue weighted by atomic mass is 16.5. The zero-order chi connectivity index (χ0) is 25.9. The van der Waals surface area contributed by atoms with Crippen molar-refractivity contribution in [3.8, 4) is 17.2 Å². The van der Waals surface area contributed by atoms with Gasteiger partial charge >= 0.3 is 0 Å². The van der Waals surface area contributed by atoms with Crippen LogP contribution in [0.5, 0.6) is 17.2 Å². The first-order chi connectivity index (χ1) is 18.0. The number of hydrogen-bond acceptors (Lipinski definition) is 5. The molecule has 0 saturated carbocycles. The van der Waals surface area contributed by atoms with Gasteiger partial charge in [0.15, 0.2) is 11.5 Å². The molecule has 0 fully saturated rings. The number of carbonyl (C=O) groups excluding carboxylic acids is 2. The third-order valence-electron chi connectivity index (χ3n) is 7.09. The molecule has 2 aliphatic heterocycles. The van der Waals surface area contributed by atoms with Crippen molar-refractivity contribution in [2.45, 2.75) is 38.8 Å². The molecule has 2 amide bonds. The molecule has 0 bridgehead atoms. The normalized spacial score (nSPS) is 17.8. The minimum Gasteiger partial charge on any atom is -0.497 e. The molecule has 3 aromatic carbocycles. The molecule has 2 heterocycles. The Kier molecular flexibility index (Phi) is 7.04. The molecule has 2 aliphatic rings. The highest BCUT2D eigenvalue weighted by Crippen LogP contribution is 2.48. The van der Waals surface area contributed by atoms with Crippen LogP contribution in [0.4, 0.5) is 0 Å². The van der Waals surface area contributed by atoms with Crippen molar-refractivity contribution in [2.24, 2.45) is 0 Å². The second kappa shape index (κ2) is 10.5. The van der Waals surface area contributed by atoms with Gasteiger partial charge < -0.3 is 24.4 Å². The van der Waals surface area contributed by atoms with E-state index >= 15 is 0 Å². The molecule has 7 nitrogen and oxygen atoms in total. The van der Waals surface area contributed by atoms with Crippen LogP contribution in [0.1, 0.15) is 58.4 Å². The zero-order valence-electron chi connectivity index (χ0n) is 21.5. The van der Waals surface area contributed by atoms with Crippen LogP contribution in [0.3, 0.4) is 0 Å². The maximum absolute atomic E-state index is 13.9. The van der Waals surface area contributed by atoms with Crippen molar-refractivity contribution >= 4 is 11.8 Å². The van der Waals surface area contributed by atoms with Crippen molar-refractivity contribution in [3.63, 3.8) is 0 Å². The predicted molar refractivity (Wildman–Crippen MR) is 140 cm³/mol. The third kappa shape index (κ3) is 4.61. The van der Waals surface area contributed by atoms with Crippen LogP contribution in [0, 0.1) is 0 Å². The Morgan fingerprint density at radius 2 is 1.68 bits per heavy atom. The first-order valence-electron chi connectivity index (χ1n) is 12.8. The van der Waals surface area contributed by atoms with Crippen LogP contribution in [0.15, 0.2) is 60.7 Å². The smallest absolute Gasteiger partial charge is 0.254 e. The fraction of sp³-hybridized carbons (Fsp3) is 0.333. The largest absolute Gasteiger partial charge is 0.497 e. The van der Waals surface area contributed by atoms with Crippen LogP contribution in [0.25, 0.3) is 0 Å². The lowest BCUT2D eigenvalue weighted by molar-refractivity contribution is -0.124.